The van der Waals surface area contributed by atoms with E-state index in [1.54, 1.807) is 18.3 Å². The van der Waals surface area contributed by atoms with Crippen LogP contribution in [0.25, 0.3) is 11.3 Å². The first-order chi connectivity index (χ1) is 10.9. The molecule has 0 spiro atoms. The fourth-order valence-electron chi connectivity index (χ4n) is 2.06. The number of anilines is 2. The molecule has 0 aliphatic carbocycles. The Morgan fingerprint density at radius 2 is 1.78 bits per heavy atom. The second-order valence-electron chi connectivity index (χ2n) is 4.84. The lowest BCUT2D eigenvalue weighted by Gasteiger charge is -2.07. The number of halogens is 4. The van der Waals surface area contributed by atoms with Crippen LogP contribution in [0.3, 0.4) is 0 Å². The lowest BCUT2D eigenvalue weighted by Crippen LogP contribution is -2.04. The molecular weight excluding hydrogens is 327 g/mol. The minimum Gasteiger partial charge on any atom is -0.330 e. The van der Waals surface area contributed by atoms with Gasteiger partial charge in [0.25, 0.3) is 0 Å². The second kappa shape index (κ2) is 5.96. The Morgan fingerprint density at radius 3 is 2.43 bits per heavy atom. The van der Waals surface area contributed by atoms with Crippen molar-refractivity contribution in [2.45, 2.75) is 6.18 Å². The number of alkyl halides is 3. The van der Waals surface area contributed by atoms with Gasteiger partial charge in [0, 0.05) is 22.5 Å². The fraction of sp³-hybridized carbons (Fsp3) is 0.0625. The first-order valence-corrected chi connectivity index (χ1v) is 7.05. The van der Waals surface area contributed by atoms with Crippen LogP contribution in [0.15, 0.2) is 54.7 Å². The van der Waals surface area contributed by atoms with Gasteiger partial charge in [-0.05, 0) is 36.4 Å². The van der Waals surface area contributed by atoms with Gasteiger partial charge < -0.3 is 10.3 Å². The van der Waals surface area contributed by atoms with E-state index in [0.29, 0.717) is 22.4 Å². The Morgan fingerprint density at radius 1 is 1.04 bits per heavy atom. The second-order valence-corrected chi connectivity index (χ2v) is 5.28. The van der Waals surface area contributed by atoms with Gasteiger partial charge in [-0.15, -0.1) is 0 Å². The highest BCUT2D eigenvalue weighted by Gasteiger charge is 2.29. The number of nitrogens with zero attached hydrogens (tertiary/aromatic N) is 1. The predicted molar refractivity (Wildman–Crippen MR) is 83.8 cm³/mol. The summed E-state index contributed by atoms with van der Waals surface area (Å²) in [5.74, 6) is 0.430. The smallest absolute Gasteiger partial charge is 0.330 e. The zero-order chi connectivity index (χ0) is 16.4. The van der Waals surface area contributed by atoms with Crippen molar-refractivity contribution in [1.29, 1.82) is 0 Å². The van der Waals surface area contributed by atoms with Crippen molar-refractivity contribution < 1.29 is 13.2 Å². The van der Waals surface area contributed by atoms with Gasteiger partial charge in [-0.3, -0.25) is 0 Å². The van der Waals surface area contributed by atoms with E-state index in [0.717, 1.165) is 17.7 Å². The van der Waals surface area contributed by atoms with E-state index in [9.17, 15) is 13.2 Å². The van der Waals surface area contributed by atoms with Gasteiger partial charge in [0.15, 0.2) is 0 Å². The third kappa shape index (κ3) is 3.65. The van der Waals surface area contributed by atoms with Crippen LogP contribution >= 0.6 is 11.6 Å². The molecule has 0 atom stereocenters. The number of rotatable bonds is 3. The van der Waals surface area contributed by atoms with Crippen LogP contribution in [0.2, 0.25) is 5.02 Å². The molecule has 0 unspecified atom stereocenters. The number of imidazole rings is 1. The number of hydrogen-bond acceptors (Lipinski definition) is 2. The maximum Gasteiger partial charge on any atom is 0.416 e. The number of aromatic amines is 1. The Balaban J connectivity index is 1.77. The van der Waals surface area contributed by atoms with Crippen LogP contribution in [0.5, 0.6) is 0 Å². The van der Waals surface area contributed by atoms with E-state index in [2.05, 4.69) is 15.3 Å². The zero-order valence-corrected chi connectivity index (χ0v) is 12.4. The minimum absolute atomic E-state index is 0.430. The molecule has 0 saturated heterocycles. The minimum atomic E-state index is -4.34. The number of hydrogen-bond donors (Lipinski definition) is 2. The summed E-state index contributed by atoms with van der Waals surface area (Å²) >= 11 is 5.94. The highest BCUT2D eigenvalue weighted by Crippen LogP contribution is 2.30. The van der Waals surface area contributed by atoms with Gasteiger partial charge in [-0.1, -0.05) is 23.7 Å². The van der Waals surface area contributed by atoms with Crippen LogP contribution < -0.4 is 5.32 Å². The topological polar surface area (TPSA) is 40.7 Å². The van der Waals surface area contributed by atoms with Crippen molar-refractivity contribution in [3.05, 3.63) is 65.3 Å². The molecule has 118 valence electrons. The molecule has 0 saturated carbocycles. The van der Waals surface area contributed by atoms with Crippen LogP contribution in [0.4, 0.5) is 24.8 Å². The zero-order valence-electron chi connectivity index (χ0n) is 11.7. The third-order valence-electron chi connectivity index (χ3n) is 3.17. The quantitative estimate of drug-likeness (QED) is 0.663. The van der Waals surface area contributed by atoms with E-state index in [4.69, 9.17) is 11.6 Å². The summed E-state index contributed by atoms with van der Waals surface area (Å²) in [4.78, 5) is 7.27. The van der Waals surface area contributed by atoms with Gasteiger partial charge in [0.2, 0.25) is 5.95 Å². The highest BCUT2D eigenvalue weighted by molar-refractivity contribution is 6.30. The van der Waals surface area contributed by atoms with Crippen molar-refractivity contribution in [3.8, 4) is 11.3 Å². The third-order valence-corrected chi connectivity index (χ3v) is 3.41. The SMILES string of the molecule is FC(F)(F)c1ccc(Nc2nc(-c3cccc(Cl)c3)c[nH]2)cc1. The molecule has 1 heterocycles. The molecule has 7 heteroatoms. The molecule has 0 bridgehead atoms. The summed E-state index contributed by atoms with van der Waals surface area (Å²) in [6.07, 6.45) is -2.65. The highest BCUT2D eigenvalue weighted by atomic mass is 35.5. The van der Waals surface area contributed by atoms with Gasteiger partial charge >= 0.3 is 6.18 Å². The summed E-state index contributed by atoms with van der Waals surface area (Å²) in [5, 5.41) is 3.52. The Kier molecular flexibility index (Phi) is 4.00. The first-order valence-electron chi connectivity index (χ1n) is 6.67. The maximum absolute atomic E-state index is 12.5. The van der Waals surface area contributed by atoms with Crippen LogP contribution in [0, 0.1) is 0 Å². The molecule has 0 radical (unpaired) electrons. The van der Waals surface area contributed by atoms with E-state index >= 15 is 0 Å². The van der Waals surface area contributed by atoms with E-state index in [1.165, 1.54) is 12.1 Å². The van der Waals surface area contributed by atoms with E-state index in [-0.39, 0.29) is 0 Å². The average Bonchev–Trinajstić information content (AvgIpc) is 2.95. The largest absolute Gasteiger partial charge is 0.416 e. The first kappa shape index (κ1) is 15.4. The molecule has 2 N–H and O–H groups in total. The molecule has 1 aromatic heterocycles. The Labute approximate surface area is 135 Å². The number of aromatic nitrogens is 2. The predicted octanol–water partition coefficient (Wildman–Crippen LogP) is 5.49. The van der Waals surface area contributed by atoms with Crippen LogP contribution in [-0.4, -0.2) is 9.97 Å². The standard InChI is InChI=1S/C16H11ClF3N3/c17-12-3-1-2-10(8-12)14-9-21-15(23-14)22-13-6-4-11(5-7-13)16(18,19)20/h1-9H,(H2,21,22,23). The fourth-order valence-corrected chi connectivity index (χ4v) is 2.25. The van der Waals surface area contributed by atoms with Crippen molar-refractivity contribution in [2.24, 2.45) is 0 Å². The van der Waals surface area contributed by atoms with Crippen molar-refractivity contribution >= 4 is 23.2 Å². The summed E-state index contributed by atoms with van der Waals surface area (Å²) in [7, 11) is 0. The van der Waals surface area contributed by atoms with Crippen LogP contribution in [-0.2, 0) is 6.18 Å². The lowest BCUT2D eigenvalue weighted by atomic mass is 10.2. The van der Waals surface area contributed by atoms with E-state index in [1.807, 2.05) is 12.1 Å². The maximum atomic E-state index is 12.5. The molecule has 2 aromatic carbocycles. The van der Waals surface area contributed by atoms with Gasteiger partial charge in [0.05, 0.1) is 11.3 Å². The van der Waals surface area contributed by atoms with Gasteiger partial charge in [-0.2, -0.15) is 13.2 Å². The number of H-pyrrole nitrogens is 1. The molecule has 23 heavy (non-hydrogen) atoms. The number of nitrogens with one attached hydrogen (secondary N) is 2. The van der Waals surface area contributed by atoms with Crippen molar-refractivity contribution in [2.75, 3.05) is 5.32 Å². The molecule has 3 aromatic rings. The molecule has 0 aliphatic heterocycles. The number of benzene rings is 2. The van der Waals surface area contributed by atoms with Crippen LogP contribution in [0.1, 0.15) is 5.56 Å². The van der Waals surface area contributed by atoms with Crippen molar-refractivity contribution in [1.82, 2.24) is 9.97 Å². The molecule has 3 nitrogen and oxygen atoms in total. The molecule has 0 fully saturated rings. The van der Waals surface area contributed by atoms with Crippen molar-refractivity contribution in [3.63, 3.8) is 0 Å². The average molecular weight is 338 g/mol. The summed E-state index contributed by atoms with van der Waals surface area (Å²) in [5.41, 5.74) is 1.34. The van der Waals surface area contributed by atoms with E-state index < -0.39 is 11.7 Å². The molecule has 0 amide bonds. The normalized spacial score (nSPS) is 11.5. The monoisotopic (exact) mass is 337 g/mol. The Hall–Kier alpha value is -2.47. The molecule has 3 rings (SSSR count). The Bertz CT molecular complexity index is 810. The molecule has 0 aliphatic rings. The molecular formula is C16H11ClF3N3. The summed E-state index contributed by atoms with van der Waals surface area (Å²) in [6, 6.07) is 12.0. The summed E-state index contributed by atoms with van der Waals surface area (Å²) < 4.78 is 37.6. The summed E-state index contributed by atoms with van der Waals surface area (Å²) in [6.45, 7) is 0. The van der Waals surface area contributed by atoms with Gasteiger partial charge in [-0.25, -0.2) is 4.98 Å². The van der Waals surface area contributed by atoms with Gasteiger partial charge in [0.1, 0.15) is 0 Å². The lowest BCUT2D eigenvalue weighted by molar-refractivity contribution is -0.137.